The molecule has 1 aliphatic heterocycles. The molecule has 1 aliphatic rings. The summed E-state index contributed by atoms with van der Waals surface area (Å²) < 4.78 is 0. The molecule has 0 aliphatic carbocycles. The number of aromatic nitrogens is 1. The van der Waals surface area contributed by atoms with Crippen LogP contribution in [0.4, 0.5) is 0 Å². The Balaban J connectivity index is 2.03. The van der Waals surface area contributed by atoms with Gasteiger partial charge in [-0.3, -0.25) is 4.79 Å². The van der Waals surface area contributed by atoms with Crippen LogP contribution in [0.3, 0.4) is 0 Å². The van der Waals surface area contributed by atoms with Crippen LogP contribution >= 0.6 is 11.3 Å². The molecule has 1 unspecified atom stereocenters. The zero-order valence-corrected chi connectivity index (χ0v) is 10.9. The number of piperidine rings is 1. The summed E-state index contributed by atoms with van der Waals surface area (Å²) in [5, 5.41) is 10.2. The van der Waals surface area contributed by atoms with E-state index in [-0.39, 0.29) is 18.4 Å². The van der Waals surface area contributed by atoms with Gasteiger partial charge in [0.05, 0.1) is 11.2 Å². The first-order valence-electron chi connectivity index (χ1n) is 6.09. The number of carbonyl (C=O) groups excluding carboxylic acids is 1. The number of rotatable bonds is 3. The summed E-state index contributed by atoms with van der Waals surface area (Å²) in [5.41, 5.74) is 0. The minimum atomic E-state index is 0.0698. The molecule has 1 aromatic rings. The molecule has 1 N–H and O–H groups in total. The molecule has 2 rings (SSSR count). The van der Waals surface area contributed by atoms with E-state index in [1.54, 1.807) is 6.20 Å². The minimum absolute atomic E-state index is 0.0698. The smallest absolute Gasteiger partial charge is 0.265 e. The van der Waals surface area contributed by atoms with E-state index in [1.165, 1.54) is 11.3 Å². The van der Waals surface area contributed by atoms with Crippen molar-refractivity contribution >= 4 is 17.2 Å². The summed E-state index contributed by atoms with van der Waals surface area (Å²) in [4.78, 5) is 19.0. The monoisotopic (exact) mass is 254 g/mol. The van der Waals surface area contributed by atoms with E-state index in [1.807, 2.05) is 11.8 Å². The van der Waals surface area contributed by atoms with E-state index in [0.29, 0.717) is 6.54 Å². The summed E-state index contributed by atoms with van der Waals surface area (Å²) in [5.74, 6) is 0.312. The molecule has 94 valence electrons. The van der Waals surface area contributed by atoms with Crippen molar-refractivity contribution in [2.24, 2.45) is 5.92 Å². The molecule has 1 saturated heterocycles. The molecule has 1 fully saturated rings. The van der Waals surface area contributed by atoms with Crippen LogP contribution in [0.1, 0.15) is 34.4 Å². The average Bonchev–Trinajstić information content (AvgIpc) is 2.86. The summed E-state index contributed by atoms with van der Waals surface area (Å²) in [7, 11) is 0. The molecule has 2 heterocycles. The summed E-state index contributed by atoms with van der Waals surface area (Å²) in [6, 6.07) is 0. The van der Waals surface area contributed by atoms with Crippen LogP contribution in [0.15, 0.2) is 6.20 Å². The van der Waals surface area contributed by atoms with Gasteiger partial charge in [-0.25, -0.2) is 4.98 Å². The number of aryl methyl sites for hydroxylation is 1. The normalized spacial score (nSPS) is 20.6. The Labute approximate surface area is 105 Å². The Kier molecular flexibility index (Phi) is 4.12. The van der Waals surface area contributed by atoms with Gasteiger partial charge in [-0.1, -0.05) is 6.92 Å². The van der Waals surface area contributed by atoms with Crippen LogP contribution in [0.2, 0.25) is 0 Å². The lowest BCUT2D eigenvalue weighted by atomic mass is 9.99. The number of carbonyl (C=O) groups is 1. The fourth-order valence-corrected chi connectivity index (χ4v) is 2.95. The third-order valence-electron chi connectivity index (χ3n) is 3.13. The molecule has 1 amide bonds. The maximum atomic E-state index is 12.2. The average molecular weight is 254 g/mol. The fourth-order valence-electron chi connectivity index (χ4n) is 2.13. The number of hydrogen-bond donors (Lipinski definition) is 1. The highest BCUT2D eigenvalue weighted by Crippen LogP contribution is 2.21. The van der Waals surface area contributed by atoms with Crippen molar-refractivity contribution in [3.8, 4) is 0 Å². The van der Waals surface area contributed by atoms with E-state index in [2.05, 4.69) is 4.98 Å². The van der Waals surface area contributed by atoms with Crippen LogP contribution in [0.5, 0.6) is 0 Å². The lowest BCUT2D eigenvalue weighted by molar-refractivity contribution is 0.0625. The number of hydrogen-bond acceptors (Lipinski definition) is 4. The molecule has 0 saturated carbocycles. The van der Waals surface area contributed by atoms with E-state index in [4.69, 9.17) is 5.11 Å². The molecule has 0 spiro atoms. The van der Waals surface area contributed by atoms with E-state index in [0.717, 1.165) is 35.7 Å². The van der Waals surface area contributed by atoms with Crippen LogP contribution in [-0.2, 0) is 6.42 Å². The molecule has 4 nitrogen and oxygen atoms in total. The van der Waals surface area contributed by atoms with Crippen molar-refractivity contribution in [3.05, 3.63) is 16.1 Å². The van der Waals surface area contributed by atoms with Crippen LogP contribution < -0.4 is 0 Å². The van der Waals surface area contributed by atoms with Gasteiger partial charge in [0.25, 0.3) is 5.91 Å². The van der Waals surface area contributed by atoms with Gasteiger partial charge in [-0.05, 0) is 25.2 Å². The third-order valence-corrected chi connectivity index (χ3v) is 4.26. The summed E-state index contributed by atoms with van der Waals surface area (Å²) >= 11 is 1.48. The Morgan fingerprint density at radius 3 is 3.18 bits per heavy atom. The number of amides is 1. The highest BCUT2D eigenvalue weighted by Gasteiger charge is 2.25. The first kappa shape index (κ1) is 12.5. The van der Waals surface area contributed by atoms with Crippen LogP contribution in [-0.4, -0.2) is 40.6 Å². The van der Waals surface area contributed by atoms with E-state index < -0.39 is 0 Å². The molecule has 0 radical (unpaired) electrons. The number of aliphatic hydroxyl groups is 1. The zero-order valence-electron chi connectivity index (χ0n) is 10.1. The Hall–Kier alpha value is -0.940. The van der Waals surface area contributed by atoms with Gasteiger partial charge in [0.2, 0.25) is 0 Å². The van der Waals surface area contributed by atoms with Gasteiger partial charge in [0.1, 0.15) is 4.88 Å². The number of aliphatic hydroxyl groups excluding tert-OH is 1. The SMILES string of the molecule is CCc1ncc(C(=O)N2CCCC(CO)C2)s1. The van der Waals surface area contributed by atoms with Gasteiger partial charge >= 0.3 is 0 Å². The lowest BCUT2D eigenvalue weighted by Crippen LogP contribution is -2.40. The number of likely N-dealkylation sites (tertiary alicyclic amines) is 1. The second kappa shape index (κ2) is 5.60. The van der Waals surface area contributed by atoms with E-state index in [9.17, 15) is 4.79 Å². The highest BCUT2D eigenvalue weighted by atomic mass is 32.1. The van der Waals surface area contributed by atoms with Crippen molar-refractivity contribution < 1.29 is 9.90 Å². The molecular formula is C12H18N2O2S. The zero-order chi connectivity index (χ0) is 12.3. The predicted molar refractivity (Wildman–Crippen MR) is 67.2 cm³/mol. The Morgan fingerprint density at radius 1 is 1.71 bits per heavy atom. The largest absolute Gasteiger partial charge is 0.396 e. The van der Waals surface area contributed by atoms with E-state index >= 15 is 0 Å². The number of nitrogens with zero attached hydrogens (tertiary/aromatic N) is 2. The second-order valence-corrected chi connectivity index (χ2v) is 5.53. The first-order valence-corrected chi connectivity index (χ1v) is 6.91. The van der Waals surface area contributed by atoms with Gasteiger partial charge in [0.15, 0.2) is 0 Å². The second-order valence-electron chi connectivity index (χ2n) is 4.41. The molecule has 5 heteroatoms. The molecule has 0 aromatic carbocycles. The minimum Gasteiger partial charge on any atom is -0.396 e. The topological polar surface area (TPSA) is 53.4 Å². The summed E-state index contributed by atoms with van der Waals surface area (Å²) in [6.07, 6.45) is 4.55. The maximum Gasteiger partial charge on any atom is 0.265 e. The predicted octanol–water partition coefficient (Wildman–Crippen LogP) is 1.55. The van der Waals surface area contributed by atoms with Gasteiger partial charge in [-0.15, -0.1) is 11.3 Å². The van der Waals surface area contributed by atoms with Crippen molar-refractivity contribution in [2.45, 2.75) is 26.2 Å². The quantitative estimate of drug-likeness (QED) is 0.890. The molecule has 0 bridgehead atoms. The third kappa shape index (κ3) is 2.84. The first-order chi connectivity index (χ1) is 8.24. The Morgan fingerprint density at radius 2 is 2.53 bits per heavy atom. The standard InChI is InChI=1S/C12H18N2O2S/c1-2-11-13-6-10(17-11)12(16)14-5-3-4-9(7-14)8-15/h6,9,15H,2-5,7-8H2,1H3. The lowest BCUT2D eigenvalue weighted by Gasteiger charge is -2.31. The molecular weight excluding hydrogens is 236 g/mol. The van der Waals surface area contributed by atoms with Gasteiger partial charge in [-0.2, -0.15) is 0 Å². The molecule has 17 heavy (non-hydrogen) atoms. The van der Waals surface area contributed by atoms with Crippen molar-refractivity contribution in [1.82, 2.24) is 9.88 Å². The van der Waals surface area contributed by atoms with Crippen LogP contribution in [0, 0.1) is 5.92 Å². The van der Waals surface area contributed by atoms with Gasteiger partial charge < -0.3 is 10.0 Å². The van der Waals surface area contributed by atoms with Crippen molar-refractivity contribution in [1.29, 1.82) is 0 Å². The molecule has 1 aromatic heterocycles. The summed E-state index contributed by atoms with van der Waals surface area (Å²) in [6.45, 7) is 3.69. The Bertz CT molecular complexity index is 392. The highest BCUT2D eigenvalue weighted by molar-refractivity contribution is 7.13. The maximum absolute atomic E-state index is 12.2. The van der Waals surface area contributed by atoms with Gasteiger partial charge in [0, 0.05) is 19.7 Å². The molecule has 1 atom stereocenters. The fraction of sp³-hybridized carbons (Fsp3) is 0.667. The van der Waals surface area contributed by atoms with Crippen molar-refractivity contribution in [2.75, 3.05) is 19.7 Å². The van der Waals surface area contributed by atoms with Crippen molar-refractivity contribution in [3.63, 3.8) is 0 Å². The van der Waals surface area contributed by atoms with Crippen LogP contribution in [0.25, 0.3) is 0 Å². The number of thiazole rings is 1.